The molecule has 1 aromatic carbocycles. The largest absolute Gasteiger partial charge is 0.390 e. The molecular weight excluding hydrogens is 264 g/mol. The van der Waals surface area contributed by atoms with Gasteiger partial charge in [0.05, 0.1) is 24.2 Å². The van der Waals surface area contributed by atoms with E-state index in [1.165, 1.54) is 12.4 Å². The molecule has 2 rings (SSSR count). The van der Waals surface area contributed by atoms with Crippen molar-refractivity contribution in [2.45, 2.75) is 11.0 Å². The van der Waals surface area contributed by atoms with Crippen molar-refractivity contribution in [3.63, 3.8) is 0 Å². The van der Waals surface area contributed by atoms with Gasteiger partial charge in [0.25, 0.3) is 10.0 Å². The highest BCUT2D eigenvalue weighted by atomic mass is 35.5. The van der Waals surface area contributed by atoms with Crippen LogP contribution in [0.1, 0.15) is 0 Å². The molecule has 0 spiro atoms. The molecule has 1 heterocycles. The van der Waals surface area contributed by atoms with Crippen LogP contribution in [-0.4, -0.2) is 38.4 Å². The summed E-state index contributed by atoms with van der Waals surface area (Å²) in [5.74, 6) is 0.0826. The molecule has 0 fully saturated rings. The van der Waals surface area contributed by atoms with Crippen molar-refractivity contribution < 1.29 is 13.5 Å². The lowest BCUT2D eigenvalue weighted by Gasteiger charge is -2.26. The Labute approximate surface area is 104 Å². The van der Waals surface area contributed by atoms with Gasteiger partial charge in [0.2, 0.25) is 0 Å². The first kappa shape index (κ1) is 12.3. The van der Waals surface area contributed by atoms with E-state index >= 15 is 0 Å². The number of anilines is 1. The van der Waals surface area contributed by atoms with Gasteiger partial charge in [-0.15, -0.1) is 16.0 Å². The van der Waals surface area contributed by atoms with Crippen molar-refractivity contribution >= 4 is 33.7 Å². The van der Waals surface area contributed by atoms with Crippen molar-refractivity contribution in [3.05, 3.63) is 24.3 Å². The highest BCUT2D eigenvalue weighted by Gasteiger charge is 2.25. The third kappa shape index (κ3) is 2.43. The van der Waals surface area contributed by atoms with E-state index in [-0.39, 0.29) is 17.3 Å². The highest BCUT2D eigenvalue weighted by molar-refractivity contribution is 7.90. The molecule has 0 amide bonds. The van der Waals surface area contributed by atoms with Gasteiger partial charge in [-0.3, -0.25) is 0 Å². The third-order valence-electron chi connectivity index (χ3n) is 2.36. The molecule has 92 valence electrons. The molecule has 0 aromatic heterocycles. The van der Waals surface area contributed by atoms with Crippen LogP contribution in [0.4, 0.5) is 5.69 Å². The summed E-state index contributed by atoms with van der Waals surface area (Å²) in [5, 5.41) is 9.48. The lowest BCUT2D eigenvalue weighted by molar-refractivity contribution is 0.207. The lowest BCUT2D eigenvalue weighted by Crippen LogP contribution is -2.35. The monoisotopic (exact) mass is 274 g/mol. The van der Waals surface area contributed by atoms with E-state index in [4.69, 9.17) is 11.6 Å². The fourth-order valence-electron chi connectivity index (χ4n) is 1.57. The SMILES string of the molecule is O=S1(=O)N=CN(CC(O)CCl)c2ccccc21. The zero-order valence-corrected chi connectivity index (χ0v) is 10.4. The van der Waals surface area contributed by atoms with E-state index in [0.29, 0.717) is 5.69 Å². The number of rotatable bonds is 3. The van der Waals surface area contributed by atoms with Gasteiger partial charge in [-0.05, 0) is 12.1 Å². The van der Waals surface area contributed by atoms with Crippen molar-refractivity contribution in [2.24, 2.45) is 4.40 Å². The van der Waals surface area contributed by atoms with Crippen LogP contribution in [-0.2, 0) is 10.0 Å². The number of nitrogens with zero attached hydrogens (tertiary/aromatic N) is 2. The first-order valence-electron chi connectivity index (χ1n) is 4.95. The third-order valence-corrected chi connectivity index (χ3v) is 3.99. The van der Waals surface area contributed by atoms with Crippen LogP contribution in [0.2, 0.25) is 0 Å². The van der Waals surface area contributed by atoms with E-state index in [1.54, 1.807) is 23.1 Å². The van der Waals surface area contributed by atoms with Crippen LogP contribution in [0.3, 0.4) is 0 Å². The molecule has 0 saturated heterocycles. The predicted molar refractivity (Wildman–Crippen MR) is 66.2 cm³/mol. The van der Waals surface area contributed by atoms with Crippen LogP contribution in [0.15, 0.2) is 33.6 Å². The Morgan fingerprint density at radius 2 is 2.12 bits per heavy atom. The Morgan fingerprint density at radius 1 is 1.41 bits per heavy atom. The molecular formula is C10H11ClN2O3S. The van der Waals surface area contributed by atoms with Gasteiger partial charge in [0.15, 0.2) is 0 Å². The highest BCUT2D eigenvalue weighted by Crippen LogP contribution is 2.29. The van der Waals surface area contributed by atoms with E-state index in [2.05, 4.69) is 4.40 Å². The van der Waals surface area contributed by atoms with Crippen LogP contribution in [0.5, 0.6) is 0 Å². The molecule has 5 nitrogen and oxygen atoms in total. The second kappa shape index (κ2) is 4.64. The maximum Gasteiger partial charge on any atom is 0.285 e. The molecule has 0 radical (unpaired) electrons. The van der Waals surface area contributed by atoms with Crippen molar-refractivity contribution in [2.75, 3.05) is 17.3 Å². The Hall–Kier alpha value is -1.11. The van der Waals surface area contributed by atoms with Gasteiger partial charge in [-0.2, -0.15) is 8.42 Å². The maximum absolute atomic E-state index is 11.7. The average molecular weight is 275 g/mol. The minimum Gasteiger partial charge on any atom is -0.390 e. The number of aliphatic hydroxyl groups excluding tert-OH is 1. The molecule has 1 atom stereocenters. The summed E-state index contributed by atoms with van der Waals surface area (Å²) in [6.45, 7) is 0.208. The molecule has 1 aliphatic rings. The van der Waals surface area contributed by atoms with Gasteiger partial charge < -0.3 is 10.0 Å². The maximum atomic E-state index is 11.7. The van der Waals surface area contributed by atoms with E-state index in [0.717, 1.165) is 0 Å². The topological polar surface area (TPSA) is 70.0 Å². The fraction of sp³-hybridized carbons (Fsp3) is 0.300. The average Bonchev–Trinajstić information content (AvgIpc) is 2.33. The Kier molecular flexibility index (Phi) is 3.37. The number of benzene rings is 1. The number of sulfonamides is 1. The van der Waals surface area contributed by atoms with Gasteiger partial charge in [0.1, 0.15) is 11.2 Å². The van der Waals surface area contributed by atoms with Crippen LogP contribution < -0.4 is 4.90 Å². The summed E-state index contributed by atoms with van der Waals surface area (Å²) < 4.78 is 26.8. The zero-order valence-electron chi connectivity index (χ0n) is 8.82. The van der Waals surface area contributed by atoms with E-state index in [9.17, 15) is 13.5 Å². The van der Waals surface area contributed by atoms with Crippen molar-refractivity contribution in [3.8, 4) is 0 Å². The summed E-state index contributed by atoms with van der Waals surface area (Å²) in [7, 11) is -3.60. The van der Waals surface area contributed by atoms with Crippen LogP contribution in [0.25, 0.3) is 0 Å². The molecule has 7 heteroatoms. The quantitative estimate of drug-likeness (QED) is 0.829. The van der Waals surface area contributed by atoms with E-state index < -0.39 is 16.1 Å². The molecule has 0 saturated carbocycles. The number of aliphatic hydroxyl groups is 1. The van der Waals surface area contributed by atoms with Crippen LogP contribution in [0, 0.1) is 0 Å². The first-order chi connectivity index (χ1) is 8.04. The number of hydrogen-bond acceptors (Lipinski definition) is 4. The molecule has 1 unspecified atom stereocenters. The Morgan fingerprint density at radius 3 is 2.82 bits per heavy atom. The summed E-state index contributed by atoms with van der Waals surface area (Å²) in [5.41, 5.74) is 0.506. The number of halogens is 1. The number of β-amino-alcohol motifs (C(OH)–C–C–N with tert-alkyl or cyclic N) is 1. The van der Waals surface area contributed by atoms with Gasteiger partial charge in [-0.1, -0.05) is 12.1 Å². The normalized spacial score (nSPS) is 18.8. The molecule has 17 heavy (non-hydrogen) atoms. The van der Waals surface area contributed by atoms with Gasteiger partial charge in [-0.25, -0.2) is 0 Å². The molecule has 0 bridgehead atoms. The minimum atomic E-state index is -3.60. The second-order valence-corrected chi connectivity index (χ2v) is 5.53. The number of para-hydroxylation sites is 1. The fourth-order valence-corrected chi connectivity index (χ4v) is 2.72. The molecule has 1 N–H and O–H groups in total. The van der Waals surface area contributed by atoms with Gasteiger partial charge >= 0.3 is 0 Å². The minimum absolute atomic E-state index is 0.0826. The summed E-state index contributed by atoms with van der Waals surface area (Å²) in [6, 6.07) is 6.52. The summed E-state index contributed by atoms with van der Waals surface area (Å²) in [6.07, 6.45) is 0.463. The number of fused-ring (bicyclic) bond motifs is 1. The van der Waals surface area contributed by atoms with Crippen molar-refractivity contribution in [1.29, 1.82) is 0 Å². The number of hydrogen-bond donors (Lipinski definition) is 1. The summed E-state index contributed by atoms with van der Waals surface area (Å²) in [4.78, 5) is 1.72. The predicted octanol–water partition coefficient (Wildman–Crippen LogP) is 0.823. The first-order valence-corrected chi connectivity index (χ1v) is 6.92. The Bertz CT molecular complexity index is 544. The zero-order chi connectivity index (χ0) is 12.5. The number of alkyl halides is 1. The Balaban J connectivity index is 2.40. The lowest BCUT2D eigenvalue weighted by atomic mass is 10.2. The van der Waals surface area contributed by atoms with Crippen molar-refractivity contribution in [1.82, 2.24) is 0 Å². The smallest absolute Gasteiger partial charge is 0.285 e. The molecule has 1 aromatic rings. The molecule has 0 aliphatic carbocycles. The molecule has 1 aliphatic heterocycles. The standard InChI is InChI=1S/C10H11ClN2O3S/c11-5-8(14)6-13-7-12-17(15,16)10-4-2-1-3-9(10)13/h1-4,7-8,14H,5-6H2. The summed E-state index contributed by atoms with van der Waals surface area (Å²) >= 11 is 5.51. The second-order valence-electron chi connectivity index (χ2n) is 3.62. The van der Waals surface area contributed by atoms with Gasteiger partial charge in [0, 0.05) is 0 Å². The van der Waals surface area contributed by atoms with Crippen LogP contribution >= 0.6 is 11.6 Å². The van der Waals surface area contributed by atoms with E-state index in [1.807, 2.05) is 0 Å².